The van der Waals surface area contributed by atoms with Gasteiger partial charge in [-0.05, 0) is 36.8 Å². The number of rotatable bonds is 5. The summed E-state index contributed by atoms with van der Waals surface area (Å²) in [7, 11) is 0. The average molecular weight is 264 g/mol. The summed E-state index contributed by atoms with van der Waals surface area (Å²) in [5.41, 5.74) is 1.57. The summed E-state index contributed by atoms with van der Waals surface area (Å²) in [6.45, 7) is 6.32. The minimum atomic E-state index is -0.247. The van der Waals surface area contributed by atoms with E-state index in [4.69, 9.17) is 4.74 Å². The van der Waals surface area contributed by atoms with Gasteiger partial charge in [0.05, 0.1) is 12.2 Å². The maximum Gasteiger partial charge on any atom is 0.338 e. The third-order valence-electron chi connectivity index (χ3n) is 2.40. The Kier molecular flexibility index (Phi) is 5.99. The molecule has 0 unspecified atom stereocenters. The number of carbonyl (C=O) groups excluding carboxylic acids is 1. The van der Waals surface area contributed by atoms with E-state index in [2.05, 4.69) is 13.8 Å². The van der Waals surface area contributed by atoms with Crippen LogP contribution in [0.3, 0.4) is 0 Å². The first-order valence-electron chi connectivity index (χ1n) is 6.11. The number of carbonyl (C=O) groups is 1. The Bertz CT molecular complexity index is 419. The summed E-state index contributed by atoms with van der Waals surface area (Å²) in [5, 5.41) is 0. The third-order valence-corrected chi connectivity index (χ3v) is 3.14. The van der Waals surface area contributed by atoms with Gasteiger partial charge in [-0.3, -0.25) is 0 Å². The fraction of sp³-hybridized carbons (Fsp3) is 0.400. The van der Waals surface area contributed by atoms with Crippen LogP contribution >= 0.6 is 11.8 Å². The quantitative estimate of drug-likeness (QED) is 0.456. The van der Waals surface area contributed by atoms with Crippen LogP contribution in [0.25, 0.3) is 5.57 Å². The highest BCUT2D eigenvalue weighted by Gasteiger charge is 2.13. The predicted molar refractivity (Wildman–Crippen MR) is 77.7 cm³/mol. The molecule has 0 fully saturated rings. The largest absolute Gasteiger partial charge is 0.462 e. The molecule has 0 atom stereocenters. The number of esters is 1. The van der Waals surface area contributed by atoms with E-state index in [0.29, 0.717) is 18.1 Å². The molecule has 0 aliphatic carbocycles. The van der Waals surface area contributed by atoms with Gasteiger partial charge in [0.15, 0.2) is 0 Å². The molecule has 0 amide bonds. The topological polar surface area (TPSA) is 26.3 Å². The highest BCUT2D eigenvalue weighted by molar-refractivity contribution is 7.98. The first-order valence-corrected chi connectivity index (χ1v) is 7.34. The summed E-state index contributed by atoms with van der Waals surface area (Å²) in [4.78, 5) is 13.1. The van der Waals surface area contributed by atoms with Crippen molar-refractivity contribution in [3.8, 4) is 0 Å². The highest BCUT2D eigenvalue weighted by Crippen LogP contribution is 2.22. The Morgan fingerprint density at radius 1 is 1.33 bits per heavy atom. The van der Waals surface area contributed by atoms with Gasteiger partial charge >= 0.3 is 5.97 Å². The fourth-order valence-corrected chi connectivity index (χ4v) is 2.00. The normalized spacial score (nSPS) is 11.7. The van der Waals surface area contributed by atoms with Crippen LogP contribution in [0.5, 0.6) is 0 Å². The summed E-state index contributed by atoms with van der Waals surface area (Å²) in [6.07, 6.45) is 3.98. The van der Waals surface area contributed by atoms with Crippen LogP contribution in [0.1, 0.15) is 26.3 Å². The van der Waals surface area contributed by atoms with Gasteiger partial charge in [-0.15, -0.1) is 11.8 Å². The number of hydrogen-bond acceptors (Lipinski definition) is 3. The third kappa shape index (κ3) is 4.22. The predicted octanol–water partition coefficient (Wildman–Crippen LogP) is 4.01. The van der Waals surface area contributed by atoms with Crippen molar-refractivity contribution in [2.24, 2.45) is 5.92 Å². The Hall–Kier alpha value is -1.22. The molecule has 0 saturated carbocycles. The zero-order chi connectivity index (χ0) is 13.5. The number of ether oxygens (including phenoxy) is 1. The molecule has 1 rings (SSSR count). The first kappa shape index (κ1) is 14.8. The van der Waals surface area contributed by atoms with Crippen LogP contribution in [0.15, 0.2) is 35.2 Å². The number of hydrogen-bond donors (Lipinski definition) is 0. The van der Waals surface area contributed by atoms with E-state index in [-0.39, 0.29) is 5.97 Å². The zero-order valence-corrected chi connectivity index (χ0v) is 12.2. The molecule has 0 saturated heterocycles. The molecule has 18 heavy (non-hydrogen) atoms. The van der Waals surface area contributed by atoms with Crippen molar-refractivity contribution in [1.82, 2.24) is 0 Å². The second-order valence-electron chi connectivity index (χ2n) is 4.27. The van der Waals surface area contributed by atoms with Crippen molar-refractivity contribution < 1.29 is 9.53 Å². The second-order valence-corrected chi connectivity index (χ2v) is 5.15. The van der Waals surface area contributed by atoms with Gasteiger partial charge in [-0.2, -0.15) is 0 Å². The van der Waals surface area contributed by atoms with E-state index in [9.17, 15) is 4.79 Å². The standard InChI is InChI=1S/C15H20O2S/c1-5-17-15(16)14(10-11(2)3)12-6-8-13(18-4)9-7-12/h6-11H,5H2,1-4H3. The number of benzene rings is 1. The Morgan fingerprint density at radius 2 is 1.94 bits per heavy atom. The van der Waals surface area contributed by atoms with Crippen molar-refractivity contribution in [1.29, 1.82) is 0 Å². The summed E-state index contributed by atoms with van der Waals surface area (Å²) in [6, 6.07) is 7.98. The van der Waals surface area contributed by atoms with Crippen molar-refractivity contribution in [2.75, 3.05) is 12.9 Å². The maximum atomic E-state index is 11.9. The summed E-state index contributed by atoms with van der Waals surface area (Å²) >= 11 is 1.69. The molecule has 0 aliphatic rings. The Morgan fingerprint density at radius 3 is 2.39 bits per heavy atom. The molecule has 98 valence electrons. The van der Waals surface area contributed by atoms with Gasteiger partial charge in [-0.1, -0.05) is 32.1 Å². The van der Waals surface area contributed by atoms with E-state index in [1.165, 1.54) is 4.90 Å². The minimum absolute atomic E-state index is 0.247. The lowest BCUT2D eigenvalue weighted by molar-refractivity contribution is -0.136. The molecule has 0 spiro atoms. The van der Waals surface area contributed by atoms with E-state index < -0.39 is 0 Å². The van der Waals surface area contributed by atoms with Crippen molar-refractivity contribution in [3.63, 3.8) is 0 Å². The van der Waals surface area contributed by atoms with Gasteiger partial charge in [0, 0.05) is 4.90 Å². The molecule has 0 aromatic heterocycles. The molecule has 2 nitrogen and oxygen atoms in total. The minimum Gasteiger partial charge on any atom is -0.462 e. The average Bonchev–Trinajstić information content (AvgIpc) is 2.36. The van der Waals surface area contributed by atoms with Crippen LogP contribution in [0.2, 0.25) is 0 Å². The van der Waals surface area contributed by atoms with Gasteiger partial charge in [0.25, 0.3) is 0 Å². The molecular formula is C15H20O2S. The van der Waals surface area contributed by atoms with Crippen LogP contribution in [0, 0.1) is 5.92 Å². The molecular weight excluding hydrogens is 244 g/mol. The summed E-state index contributed by atoms with van der Waals surface area (Å²) in [5.74, 6) is 0.0627. The maximum absolute atomic E-state index is 11.9. The van der Waals surface area contributed by atoms with Gasteiger partial charge in [0.2, 0.25) is 0 Å². The van der Waals surface area contributed by atoms with Crippen LogP contribution < -0.4 is 0 Å². The van der Waals surface area contributed by atoms with E-state index in [1.807, 2.05) is 43.5 Å². The van der Waals surface area contributed by atoms with Crippen LogP contribution in [0.4, 0.5) is 0 Å². The lowest BCUT2D eigenvalue weighted by Gasteiger charge is -2.09. The molecule has 0 bridgehead atoms. The summed E-state index contributed by atoms with van der Waals surface area (Å²) < 4.78 is 5.10. The van der Waals surface area contributed by atoms with Gasteiger partial charge in [-0.25, -0.2) is 4.79 Å². The number of thioether (sulfide) groups is 1. The number of allylic oxidation sites excluding steroid dienone is 1. The smallest absolute Gasteiger partial charge is 0.338 e. The lowest BCUT2D eigenvalue weighted by atomic mass is 10.0. The van der Waals surface area contributed by atoms with Crippen molar-refractivity contribution >= 4 is 23.3 Å². The zero-order valence-electron chi connectivity index (χ0n) is 11.4. The van der Waals surface area contributed by atoms with Gasteiger partial charge in [0.1, 0.15) is 0 Å². The SMILES string of the molecule is CCOC(=O)C(=CC(C)C)c1ccc(SC)cc1. The van der Waals surface area contributed by atoms with Gasteiger partial charge < -0.3 is 4.74 Å². The van der Waals surface area contributed by atoms with Crippen LogP contribution in [-0.2, 0) is 9.53 Å². The van der Waals surface area contributed by atoms with Crippen molar-refractivity contribution in [3.05, 3.63) is 35.9 Å². The molecule has 0 aliphatic heterocycles. The molecule has 1 aromatic carbocycles. The van der Waals surface area contributed by atoms with E-state index in [1.54, 1.807) is 11.8 Å². The van der Waals surface area contributed by atoms with E-state index >= 15 is 0 Å². The second kappa shape index (κ2) is 7.27. The van der Waals surface area contributed by atoms with Crippen LogP contribution in [-0.4, -0.2) is 18.8 Å². The molecule has 0 heterocycles. The first-order chi connectivity index (χ1) is 8.58. The van der Waals surface area contributed by atoms with E-state index in [0.717, 1.165) is 5.56 Å². The Balaban J connectivity index is 3.05. The Labute approximate surface area is 113 Å². The highest BCUT2D eigenvalue weighted by atomic mass is 32.2. The molecule has 0 radical (unpaired) electrons. The molecule has 3 heteroatoms. The molecule has 1 aromatic rings. The molecule has 0 N–H and O–H groups in total. The van der Waals surface area contributed by atoms with Crippen molar-refractivity contribution in [2.45, 2.75) is 25.7 Å². The lowest BCUT2D eigenvalue weighted by Crippen LogP contribution is -2.07. The monoisotopic (exact) mass is 264 g/mol. The fourth-order valence-electron chi connectivity index (χ4n) is 1.59.